The smallest absolute Gasteiger partial charge is 0.275 e. The molecule has 0 unspecified atom stereocenters. The van der Waals surface area contributed by atoms with Crippen LogP contribution in [-0.2, 0) is 0 Å². The molecule has 0 aromatic heterocycles. The first-order chi connectivity index (χ1) is 12.9. The van der Waals surface area contributed by atoms with Crippen LogP contribution in [-0.4, -0.2) is 10.8 Å². The van der Waals surface area contributed by atoms with E-state index >= 15 is 0 Å². The molecule has 0 aliphatic heterocycles. The van der Waals surface area contributed by atoms with Gasteiger partial charge in [-0.05, 0) is 48.9 Å². The Labute approximate surface area is 164 Å². The zero-order valence-electron chi connectivity index (χ0n) is 14.3. The molecule has 1 N–H and O–H groups in total. The number of anilines is 1. The lowest BCUT2D eigenvalue weighted by molar-refractivity contribution is -0.384. The number of hydrogen-bond acceptors (Lipinski definition) is 4. The summed E-state index contributed by atoms with van der Waals surface area (Å²) in [6, 6.07) is 18.3. The molecule has 27 heavy (non-hydrogen) atoms. The van der Waals surface area contributed by atoms with E-state index < -0.39 is 4.92 Å². The van der Waals surface area contributed by atoms with Crippen LogP contribution in [0.2, 0.25) is 0 Å². The minimum Gasteiger partial charge on any atom is -0.457 e. The molecule has 0 spiro atoms. The second kappa shape index (κ2) is 8.01. The summed E-state index contributed by atoms with van der Waals surface area (Å²) in [6.45, 7) is 1.92. The van der Waals surface area contributed by atoms with Gasteiger partial charge in [-0.25, -0.2) is 0 Å². The highest BCUT2D eigenvalue weighted by atomic mass is 79.9. The molecule has 136 valence electrons. The van der Waals surface area contributed by atoms with Crippen molar-refractivity contribution >= 4 is 33.2 Å². The molecule has 0 saturated carbocycles. The lowest BCUT2D eigenvalue weighted by atomic mass is 10.2. The highest BCUT2D eigenvalue weighted by Gasteiger charge is 2.14. The summed E-state index contributed by atoms with van der Waals surface area (Å²) in [6.07, 6.45) is 0. The van der Waals surface area contributed by atoms with E-state index in [1.54, 1.807) is 36.4 Å². The maximum absolute atomic E-state index is 12.4. The van der Waals surface area contributed by atoms with Crippen LogP contribution >= 0.6 is 15.9 Å². The average molecular weight is 427 g/mol. The number of benzene rings is 3. The summed E-state index contributed by atoms with van der Waals surface area (Å²) >= 11 is 3.31. The Bertz CT molecular complexity index is 1000. The van der Waals surface area contributed by atoms with Crippen molar-refractivity contribution < 1.29 is 14.5 Å². The van der Waals surface area contributed by atoms with Crippen molar-refractivity contribution in [3.63, 3.8) is 0 Å². The number of nitro groups is 1. The molecule has 0 fully saturated rings. The fourth-order valence-electron chi connectivity index (χ4n) is 2.44. The minimum atomic E-state index is -0.529. The van der Waals surface area contributed by atoms with E-state index in [1.807, 2.05) is 25.1 Å². The number of halogens is 1. The first-order valence-electron chi connectivity index (χ1n) is 8.01. The number of aryl methyl sites for hydroxylation is 1. The van der Waals surface area contributed by atoms with Gasteiger partial charge in [0, 0.05) is 22.2 Å². The predicted octanol–water partition coefficient (Wildman–Crippen LogP) is 5.71. The Morgan fingerprint density at radius 1 is 1.04 bits per heavy atom. The number of nitrogens with one attached hydrogen (secondary N) is 1. The summed E-state index contributed by atoms with van der Waals surface area (Å²) in [7, 11) is 0. The first kappa shape index (κ1) is 18.6. The van der Waals surface area contributed by atoms with Gasteiger partial charge in [-0.2, -0.15) is 0 Å². The van der Waals surface area contributed by atoms with Crippen molar-refractivity contribution in [3.8, 4) is 11.5 Å². The van der Waals surface area contributed by atoms with Gasteiger partial charge in [-0.15, -0.1) is 0 Å². The molecule has 3 aromatic rings. The van der Waals surface area contributed by atoms with Crippen LogP contribution in [0.4, 0.5) is 11.4 Å². The molecule has 3 rings (SSSR count). The van der Waals surface area contributed by atoms with E-state index in [1.165, 1.54) is 12.1 Å². The van der Waals surface area contributed by atoms with E-state index in [0.717, 1.165) is 10.0 Å². The van der Waals surface area contributed by atoms with Gasteiger partial charge in [-0.1, -0.05) is 28.1 Å². The third-order valence-electron chi connectivity index (χ3n) is 3.69. The van der Waals surface area contributed by atoms with Gasteiger partial charge < -0.3 is 10.1 Å². The molecule has 0 heterocycles. The van der Waals surface area contributed by atoms with Crippen LogP contribution in [0.25, 0.3) is 0 Å². The Balaban J connectivity index is 1.88. The minimum absolute atomic E-state index is 0.175. The van der Waals surface area contributed by atoms with Gasteiger partial charge in [-0.3, -0.25) is 14.9 Å². The fraction of sp³-hybridized carbons (Fsp3) is 0.0500. The van der Waals surface area contributed by atoms with Gasteiger partial charge >= 0.3 is 0 Å². The van der Waals surface area contributed by atoms with Crippen molar-refractivity contribution in [1.82, 2.24) is 0 Å². The summed E-state index contributed by atoms with van der Waals surface area (Å²) in [5.74, 6) is 0.450. The van der Waals surface area contributed by atoms with Crippen LogP contribution in [0.15, 0.2) is 71.2 Å². The molecule has 0 atom stereocenters. The molecule has 0 radical (unpaired) electrons. The summed E-state index contributed by atoms with van der Waals surface area (Å²) < 4.78 is 6.58. The number of rotatable bonds is 5. The van der Waals surface area contributed by atoms with Crippen LogP contribution in [0.5, 0.6) is 11.5 Å². The lowest BCUT2D eigenvalue weighted by Crippen LogP contribution is -2.12. The predicted molar refractivity (Wildman–Crippen MR) is 106 cm³/mol. The number of hydrogen-bond donors (Lipinski definition) is 1. The number of nitrogens with zero attached hydrogens (tertiary/aromatic N) is 1. The number of non-ortho nitro benzene ring substituents is 1. The zero-order chi connectivity index (χ0) is 19.4. The van der Waals surface area contributed by atoms with E-state index in [0.29, 0.717) is 11.3 Å². The summed E-state index contributed by atoms with van der Waals surface area (Å²) in [5, 5.41) is 13.9. The van der Waals surface area contributed by atoms with Gasteiger partial charge in [0.2, 0.25) is 0 Å². The number of nitro benzene ring substituents is 1. The molecule has 0 aliphatic rings. The maximum atomic E-state index is 12.4. The van der Waals surface area contributed by atoms with E-state index in [2.05, 4.69) is 21.2 Å². The van der Waals surface area contributed by atoms with Crippen molar-refractivity contribution in [2.45, 2.75) is 6.92 Å². The lowest BCUT2D eigenvalue weighted by Gasteiger charge is -2.10. The third-order valence-corrected chi connectivity index (χ3v) is 4.22. The van der Waals surface area contributed by atoms with E-state index in [-0.39, 0.29) is 23.0 Å². The molecule has 6 nitrogen and oxygen atoms in total. The Morgan fingerprint density at radius 2 is 1.78 bits per heavy atom. The number of carbonyl (C=O) groups is 1. The summed E-state index contributed by atoms with van der Waals surface area (Å²) in [5.41, 5.74) is 1.54. The highest BCUT2D eigenvalue weighted by molar-refractivity contribution is 9.10. The van der Waals surface area contributed by atoms with Crippen LogP contribution < -0.4 is 10.1 Å². The van der Waals surface area contributed by atoms with Crippen molar-refractivity contribution in [1.29, 1.82) is 0 Å². The topological polar surface area (TPSA) is 81.5 Å². The molecule has 0 saturated heterocycles. The van der Waals surface area contributed by atoms with Crippen LogP contribution in [0, 0.1) is 17.0 Å². The molecule has 1 amide bonds. The monoisotopic (exact) mass is 426 g/mol. The molecule has 7 heteroatoms. The number of carbonyl (C=O) groups excluding carboxylic acids is 1. The third kappa shape index (κ3) is 4.92. The Kier molecular flexibility index (Phi) is 5.52. The molecular weight excluding hydrogens is 412 g/mol. The number of amides is 1. The zero-order valence-corrected chi connectivity index (χ0v) is 15.9. The van der Waals surface area contributed by atoms with Crippen molar-refractivity contribution in [2.75, 3.05) is 5.32 Å². The molecule has 0 aliphatic carbocycles. The van der Waals surface area contributed by atoms with Crippen LogP contribution in [0.3, 0.4) is 0 Å². The highest BCUT2D eigenvalue weighted by Crippen LogP contribution is 2.30. The molecule has 3 aromatic carbocycles. The van der Waals surface area contributed by atoms with Gasteiger partial charge in [0.1, 0.15) is 11.5 Å². The maximum Gasteiger partial charge on any atom is 0.275 e. The average Bonchev–Trinajstić information content (AvgIpc) is 2.62. The van der Waals surface area contributed by atoms with E-state index in [9.17, 15) is 14.9 Å². The second-order valence-electron chi connectivity index (χ2n) is 5.85. The molecule has 0 bridgehead atoms. The van der Waals surface area contributed by atoms with Crippen molar-refractivity contribution in [2.24, 2.45) is 0 Å². The van der Waals surface area contributed by atoms with Gasteiger partial charge in [0.25, 0.3) is 11.6 Å². The quantitative estimate of drug-likeness (QED) is 0.418. The first-order valence-corrected chi connectivity index (χ1v) is 8.81. The van der Waals surface area contributed by atoms with Gasteiger partial charge in [0.15, 0.2) is 0 Å². The Morgan fingerprint density at radius 3 is 2.44 bits per heavy atom. The Hall–Kier alpha value is -3.19. The van der Waals surface area contributed by atoms with Crippen LogP contribution in [0.1, 0.15) is 15.9 Å². The normalized spacial score (nSPS) is 10.3. The summed E-state index contributed by atoms with van der Waals surface area (Å²) in [4.78, 5) is 23.1. The number of ether oxygens (including phenoxy) is 1. The fourth-order valence-corrected chi connectivity index (χ4v) is 2.70. The second-order valence-corrected chi connectivity index (χ2v) is 6.77. The van der Waals surface area contributed by atoms with Crippen molar-refractivity contribution in [3.05, 3.63) is 92.4 Å². The largest absolute Gasteiger partial charge is 0.457 e. The molecular formula is C20H15BrN2O4. The standard InChI is InChI=1S/C20H15BrN2O4/c1-13-3-2-4-18(9-13)27-19-11-16(10-17(12-19)23(25)26)22-20(24)14-5-7-15(21)8-6-14/h2-12H,1H3,(H,22,24). The van der Waals surface area contributed by atoms with Gasteiger partial charge in [0.05, 0.1) is 16.7 Å². The van der Waals surface area contributed by atoms with E-state index in [4.69, 9.17) is 4.74 Å². The SMILES string of the molecule is Cc1cccc(Oc2cc(NC(=O)c3ccc(Br)cc3)cc([N+](=O)[O-])c2)c1.